The Morgan fingerprint density at radius 1 is 1.45 bits per heavy atom. The van der Waals surface area contributed by atoms with Gasteiger partial charge in [0.1, 0.15) is 5.02 Å². The van der Waals surface area contributed by atoms with Crippen LogP contribution in [0.5, 0.6) is 0 Å². The Morgan fingerprint density at radius 3 is 2.18 bits per heavy atom. The SMILES string of the molecule is CC(C)(C)c1onc(Br)c1Cl. The molecule has 0 amide bonds. The van der Waals surface area contributed by atoms with E-state index >= 15 is 0 Å². The fourth-order valence-corrected chi connectivity index (χ4v) is 1.33. The highest BCUT2D eigenvalue weighted by molar-refractivity contribution is 9.10. The van der Waals surface area contributed by atoms with E-state index < -0.39 is 0 Å². The van der Waals surface area contributed by atoms with Gasteiger partial charge in [0.25, 0.3) is 0 Å². The van der Waals surface area contributed by atoms with Crippen LogP contribution in [0.4, 0.5) is 0 Å². The summed E-state index contributed by atoms with van der Waals surface area (Å²) in [7, 11) is 0. The van der Waals surface area contributed by atoms with Gasteiger partial charge in [-0.1, -0.05) is 37.5 Å². The molecule has 2 nitrogen and oxygen atoms in total. The molecule has 0 aliphatic heterocycles. The predicted octanol–water partition coefficient (Wildman–Crippen LogP) is 3.39. The highest BCUT2D eigenvalue weighted by atomic mass is 79.9. The summed E-state index contributed by atoms with van der Waals surface area (Å²) < 4.78 is 5.60. The van der Waals surface area contributed by atoms with E-state index in [4.69, 9.17) is 16.1 Å². The molecule has 0 fully saturated rings. The Balaban J connectivity index is 3.15. The maximum atomic E-state index is 5.89. The van der Waals surface area contributed by atoms with Gasteiger partial charge in [-0.05, 0) is 15.9 Å². The average molecular weight is 239 g/mol. The van der Waals surface area contributed by atoms with Gasteiger partial charge in [0.15, 0.2) is 10.4 Å². The largest absolute Gasteiger partial charge is 0.358 e. The lowest BCUT2D eigenvalue weighted by Crippen LogP contribution is -2.09. The number of halogens is 2. The van der Waals surface area contributed by atoms with E-state index in [0.29, 0.717) is 15.4 Å². The van der Waals surface area contributed by atoms with E-state index in [9.17, 15) is 0 Å². The van der Waals surface area contributed by atoms with Gasteiger partial charge in [0.05, 0.1) is 0 Å². The van der Waals surface area contributed by atoms with Crippen LogP contribution in [-0.2, 0) is 5.41 Å². The first-order valence-electron chi connectivity index (χ1n) is 3.24. The second-order valence-electron chi connectivity index (χ2n) is 3.37. The Bertz CT molecular complexity index is 264. The molecule has 0 unspecified atom stereocenters. The molecule has 4 heteroatoms. The van der Waals surface area contributed by atoms with Crippen LogP contribution in [0.25, 0.3) is 0 Å². The fourth-order valence-electron chi connectivity index (χ4n) is 0.726. The molecule has 1 aromatic heterocycles. The van der Waals surface area contributed by atoms with Gasteiger partial charge in [-0.15, -0.1) is 0 Å². The van der Waals surface area contributed by atoms with E-state index in [-0.39, 0.29) is 5.41 Å². The minimum atomic E-state index is -0.0872. The highest BCUT2D eigenvalue weighted by Gasteiger charge is 2.24. The Kier molecular flexibility index (Phi) is 2.30. The molecule has 0 atom stereocenters. The number of nitrogens with zero attached hydrogens (tertiary/aromatic N) is 1. The maximum absolute atomic E-state index is 5.89. The summed E-state index contributed by atoms with van der Waals surface area (Å²) in [6.45, 7) is 6.06. The minimum absolute atomic E-state index is 0.0872. The molecule has 0 bridgehead atoms. The summed E-state index contributed by atoms with van der Waals surface area (Å²) >= 11 is 9.06. The molecule has 0 spiro atoms. The van der Waals surface area contributed by atoms with Crippen molar-refractivity contribution in [2.45, 2.75) is 26.2 Å². The lowest BCUT2D eigenvalue weighted by atomic mass is 9.93. The summed E-state index contributed by atoms with van der Waals surface area (Å²) in [6, 6.07) is 0. The van der Waals surface area contributed by atoms with Crippen LogP contribution in [0, 0.1) is 0 Å². The second-order valence-corrected chi connectivity index (χ2v) is 4.50. The van der Waals surface area contributed by atoms with Crippen molar-refractivity contribution in [2.24, 2.45) is 0 Å². The van der Waals surface area contributed by atoms with Crippen molar-refractivity contribution in [1.29, 1.82) is 0 Å². The van der Waals surface area contributed by atoms with Crippen LogP contribution in [-0.4, -0.2) is 5.16 Å². The number of hydrogen-bond acceptors (Lipinski definition) is 2. The average Bonchev–Trinajstić information content (AvgIpc) is 2.11. The van der Waals surface area contributed by atoms with Crippen LogP contribution >= 0.6 is 27.5 Å². The van der Waals surface area contributed by atoms with Gasteiger partial charge in [0, 0.05) is 5.41 Å². The third kappa shape index (κ3) is 1.76. The smallest absolute Gasteiger partial charge is 0.168 e. The molecule has 0 aromatic carbocycles. The van der Waals surface area contributed by atoms with E-state index in [1.54, 1.807) is 0 Å². The molecular formula is C7H9BrClNO. The Labute approximate surface area is 79.0 Å². The number of rotatable bonds is 0. The highest BCUT2D eigenvalue weighted by Crippen LogP contribution is 2.33. The molecule has 1 aromatic rings. The van der Waals surface area contributed by atoms with E-state index in [2.05, 4.69) is 21.1 Å². The summed E-state index contributed by atoms with van der Waals surface area (Å²) in [6.07, 6.45) is 0. The minimum Gasteiger partial charge on any atom is -0.358 e. The van der Waals surface area contributed by atoms with Crippen molar-refractivity contribution in [3.8, 4) is 0 Å². The molecule has 0 saturated carbocycles. The van der Waals surface area contributed by atoms with Gasteiger partial charge in [-0.3, -0.25) is 0 Å². The third-order valence-electron chi connectivity index (χ3n) is 1.28. The summed E-state index contributed by atoms with van der Waals surface area (Å²) in [5.41, 5.74) is -0.0872. The topological polar surface area (TPSA) is 26.0 Å². The van der Waals surface area contributed by atoms with Gasteiger partial charge in [-0.2, -0.15) is 0 Å². The number of aromatic nitrogens is 1. The first-order chi connectivity index (χ1) is 4.93. The van der Waals surface area contributed by atoms with E-state index in [1.807, 2.05) is 20.8 Å². The van der Waals surface area contributed by atoms with Gasteiger partial charge in [0.2, 0.25) is 0 Å². The van der Waals surface area contributed by atoms with Crippen molar-refractivity contribution < 1.29 is 4.52 Å². The molecule has 0 saturated heterocycles. The lowest BCUT2D eigenvalue weighted by Gasteiger charge is -2.13. The van der Waals surface area contributed by atoms with Crippen molar-refractivity contribution in [2.75, 3.05) is 0 Å². The van der Waals surface area contributed by atoms with Gasteiger partial charge < -0.3 is 4.52 Å². The first-order valence-corrected chi connectivity index (χ1v) is 4.41. The normalized spacial score (nSPS) is 12.1. The van der Waals surface area contributed by atoms with Crippen LogP contribution in [0.2, 0.25) is 5.02 Å². The van der Waals surface area contributed by atoms with Gasteiger partial charge >= 0.3 is 0 Å². The zero-order valence-corrected chi connectivity index (χ0v) is 8.95. The van der Waals surface area contributed by atoms with E-state index in [0.717, 1.165) is 0 Å². The van der Waals surface area contributed by atoms with Crippen molar-refractivity contribution in [3.63, 3.8) is 0 Å². The van der Waals surface area contributed by atoms with Crippen molar-refractivity contribution in [1.82, 2.24) is 5.16 Å². The summed E-state index contributed by atoms with van der Waals surface area (Å²) in [5.74, 6) is 0.714. The van der Waals surface area contributed by atoms with Crippen LogP contribution in [0.15, 0.2) is 9.13 Å². The van der Waals surface area contributed by atoms with Gasteiger partial charge in [-0.25, -0.2) is 0 Å². The lowest BCUT2D eigenvalue weighted by molar-refractivity contribution is 0.327. The molecular weight excluding hydrogens is 229 g/mol. The summed E-state index contributed by atoms with van der Waals surface area (Å²) in [4.78, 5) is 0. The molecule has 62 valence electrons. The quantitative estimate of drug-likeness (QED) is 0.692. The molecule has 1 rings (SSSR count). The van der Waals surface area contributed by atoms with Crippen molar-refractivity contribution >= 4 is 27.5 Å². The fraction of sp³-hybridized carbons (Fsp3) is 0.571. The Morgan fingerprint density at radius 2 is 2.00 bits per heavy atom. The maximum Gasteiger partial charge on any atom is 0.168 e. The predicted molar refractivity (Wildman–Crippen MR) is 47.9 cm³/mol. The second kappa shape index (κ2) is 2.79. The van der Waals surface area contributed by atoms with Crippen LogP contribution < -0.4 is 0 Å². The zero-order chi connectivity index (χ0) is 8.65. The van der Waals surface area contributed by atoms with Crippen LogP contribution in [0.1, 0.15) is 26.5 Å². The number of hydrogen-bond donors (Lipinski definition) is 0. The zero-order valence-electron chi connectivity index (χ0n) is 6.61. The van der Waals surface area contributed by atoms with Crippen LogP contribution in [0.3, 0.4) is 0 Å². The Hall–Kier alpha value is -0.0200. The summed E-state index contributed by atoms with van der Waals surface area (Å²) in [5, 5.41) is 4.26. The molecule has 11 heavy (non-hydrogen) atoms. The molecule has 0 aliphatic carbocycles. The van der Waals surface area contributed by atoms with Crippen molar-refractivity contribution in [3.05, 3.63) is 15.4 Å². The van der Waals surface area contributed by atoms with E-state index in [1.165, 1.54) is 0 Å². The third-order valence-corrected chi connectivity index (χ3v) is 2.40. The first kappa shape index (κ1) is 9.07. The molecule has 1 heterocycles. The standard InChI is InChI=1S/C7H9BrClNO/c1-7(2,3)5-4(9)6(8)10-11-5/h1-3H3. The molecule has 0 N–H and O–H groups in total. The molecule has 0 radical (unpaired) electrons. The monoisotopic (exact) mass is 237 g/mol. The molecule has 0 aliphatic rings.